The Morgan fingerprint density at radius 2 is 2.10 bits per heavy atom. The molecule has 1 aliphatic rings. The molecule has 2 aromatic rings. The molecule has 21 heavy (non-hydrogen) atoms. The fraction of sp³-hybridized carbons (Fsp3) is 0.471. The largest absolute Gasteiger partial charge is 0.370 e. The predicted molar refractivity (Wildman–Crippen MR) is 94.7 cm³/mol. The monoisotopic (exact) mass is 320 g/mol. The van der Waals surface area contributed by atoms with Gasteiger partial charge in [-0.2, -0.15) is 11.8 Å². The predicted octanol–water partition coefficient (Wildman–Crippen LogP) is 4.70. The molecule has 0 bridgehead atoms. The Morgan fingerprint density at radius 3 is 2.90 bits per heavy atom. The van der Waals surface area contributed by atoms with Gasteiger partial charge in [-0.25, -0.2) is 0 Å². The van der Waals surface area contributed by atoms with E-state index in [4.69, 9.17) is 11.6 Å². The first-order valence-corrected chi connectivity index (χ1v) is 8.95. The van der Waals surface area contributed by atoms with Crippen LogP contribution in [0.25, 0.3) is 10.9 Å². The molecule has 1 saturated heterocycles. The lowest BCUT2D eigenvalue weighted by Crippen LogP contribution is -2.27. The number of anilines is 1. The average molecular weight is 321 g/mol. The molecule has 3 rings (SSSR count). The summed E-state index contributed by atoms with van der Waals surface area (Å²) in [5.74, 6) is 1.63. The van der Waals surface area contributed by atoms with E-state index >= 15 is 0 Å². The van der Waals surface area contributed by atoms with Crippen LogP contribution >= 0.6 is 23.4 Å². The first kappa shape index (κ1) is 15.0. The molecule has 1 fully saturated rings. The lowest BCUT2D eigenvalue weighted by Gasteiger charge is -2.25. The van der Waals surface area contributed by atoms with E-state index in [2.05, 4.69) is 59.8 Å². The number of fused-ring (bicyclic) bond motifs is 1. The molecule has 1 aliphatic heterocycles. The van der Waals surface area contributed by atoms with Gasteiger partial charge in [0.15, 0.2) is 0 Å². The zero-order chi connectivity index (χ0) is 14.9. The van der Waals surface area contributed by atoms with Gasteiger partial charge in [0.2, 0.25) is 0 Å². The first-order chi connectivity index (χ1) is 10.1. The number of hydrogen-bond donors (Lipinski definition) is 0. The molecule has 2 nitrogen and oxygen atoms in total. The Bertz CT molecular complexity index is 642. The van der Waals surface area contributed by atoms with E-state index in [1.54, 1.807) is 0 Å². The van der Waals surface area contributed by atoms with Gasteiger partial charge in [0, 0.05) is 34.7 Å². The molecule has 0 atom stereocenters. The van der Waals surface area contributed by atoms with E-state index in [9.17, 15) is 0 Å². The number of hydrogen-bond acceptors (Lipinski definition) is 3. The van der Waals surface area contributed by atoms with Crippen molar-refractivity contribution in [1.29, 1.82) is 0 Å². The molecule has 0 saturated carbocycles. The number of pyridine rings is 1. The Hall–Kier alpha value is -0.930. The third kappa shape index (κ3) is 3.29. The smallest absolute Gasteiger partial charge is 0.0726 e. The molecule has 1 aromatic carbocycles. The van der Waals surface area contributed by atoms with Crippen molar-refractivity contribution < 1.29 is 0 Å². The van der Waals surface area contributed by atoms with Gasteiger partial charge in [-0.3, -0.25) is 4.98 Å². The summed E-state index contributed by atoms with van der Waals surface area (Å²) < 4.78 is 0.368. The highest BCUT2D eigenvalue weighted by atomic mass is 35.5. The van der Waals surface area contributed by atoms with E-state index in [0.717, 1.165) is 24.3 Å². The molecule has 0 unspecified atom stereocenters. The van der Waals surface area contributed by atoms with Gasteiger partial charge in [0.1, 0.15) is 0 Å². The summed E-state index contributed by atoms with van der Waals surface area (Å²) in [5.41, 5.74) is 3.29. The van der Waals surface area contributed by atoms with E-state index in [1.807, 2.05) is 6.07 Å². The van der Waals surface area contributed by atoms with E-state index in [-0.39, 0.29) is 0 Å². The number of halogens is 1. The summed E-state index contributed by atoms with van der Waals surface area (Å²) in [7, 11) is 0. The van der Waals surface area contributed by atoms with Crippen LogP contribution in [0, 0.1) is 0 Å². The highest BCUT2D eigenvalue weighted by Gasteiger charge is 2.24. The van der Waals surface area contributed by atoms with Crippen molar-refractivity contribution in [3.05, 3.63) is 36.0 Å². The SMILES string of the molecule is CC1(C)CCN(c2cc(CCl)nc3ccccc23)CCS1. The Kier molecular flexibility index (Phi) is 4.32. The van der Waals surface area contributed by atoms with Crippen LogP contribution in [0.15, 0.2) is 30.3 Å². The third-order valence-electron chi connectivity index (χ3n) is 4.06. The quantitative estimate of drug-likeness (QED) is 0.746. The molecule has 2 heterocycles. The van der Waals surface area contributed by atoms with Crippen LogP contribution in [0.3, 0.4) is 0 Å². The van der Waals surface area contributed by atoms with Crippen molar-refractivity contribution in [1.82, 2.24) is 4.98 Å². The summed E-state index contributed by atoms with van der Waals surface area (Å²) >= 11 is 8.10. The fourth-order valence-corrected chi connectivity index (χ4v) is 4.04. The van der Waals surface area contributed by atoms with Crippen molar-refractivity contribution in [3.8, 4) is 0 Å². The van der Waals surface area contributed by atoms with Crippen LogP contribution < -0.4 is 4.90 Å². The fourth-order valence-electron chi connectivity index (χ4n) is 2.80. The standard InChI is InChI=1S/C17H21ClN2S/c1-17(2)7-8-20(9-10-21-17)16-11-13(12-18)19-15-6-4-3-5-14(15)16/h3-6,11H,7-10,12H2,1-2H3. The van der Waals surface area contributed by atoms with Crippen molar-refractivity contribution in [2.75, 3.05) is 23.7 Å². The molecular formula is C17H21ClN2S. The van der Waals surface area contributed by atoms with E-state index in [1.165, 1.54) is 23.2 Å². The zero-order valence-electron chi connectivity index (χ0n) is 12.6. The van der Waals surface area contributed by atoms with E-state index < -0.39 is 0 Å². The van der Waals surface area contributed by atoms with Crippen LogP contribution in [-0.4, -0.2) is 28.6 Å². The van der Waals surface area contributed by atoms with Crippen molar-refractivity contribution in [2.24, 2.45) is 0 Å². The number of thioether (sulfide) groups is 1. The average Bonchev–Trinajstić information content (AvgIpc) is 2.67. The van der Waals surface area contributed by atoms with Crippen molar-refractivity contribution in [2.45, 2.75) is 30.9 Å². The molecule has 0 spiro atoms. The van der Waals surface area contributed by atoms with Gasteiger partial charge in [-0.15, -0.1) is 11.6 Å². The lowest BCUT2D eigenvalue weighted by molar-refractivity contribution is 0.638. The van der Waals surface area contributed by atoms with Gasteiger partial charge in [0.05, 0.1) is 17.1 Å². The van der Waals surface area contributed by atoms with Gasteiger partial charge in [0.25, 0.3) is 0 Å². The maximum atomic E-state index is 6.03. The molecule has 0 amide bonds. The minimum atomic E-state index is 0.368. The molecule has 0 radical (unpaired) electrons. The number of benzene rings is 1. The van der Waals surface area contributed by atoms with Crippen LogP contribution in [0.1, 0.15) is 26.0 Å². The molecule has 112 valence electrons. The highest BCUT2D eigenvalue weighted by Crippen LogP contribution is 2.34. The van der Waals surface area contributed by atoms with Crippen molar-refractivity contribution >= 4 is 40.0 Å². The second-order valence-electron chi connectivity index (χ2n) is 6.13. The molecular weight excluding hydrogens is 300 g/mol. The zero-order valence-corrected chi connectivity index (χ0v) is 14.2. The second kappa shape index (κ2) is 6.05. The summed E-state index contributed by atoms with van der Waals surface area (Å²) in [4.78, 5) is 7.14. The minimum absolute atomic E-state index is 0.368. The number of para-hydroxylation sites is 1. The van der Waals surface area contributed by atoms with Crippen molar-refractivity contribution in [3.63, 3.8) is 0 Å². The molecule has 0 N–H and O–H groups in total. The number of alkyl halides is 1. The highest BCUT2D eigenvalue weighted by molar-refractivity contribution is 8.00. The van der Waals surface area contributed by atoms with Crippen LogP contribution in [0.5, 0.6) is 0 Å². The number of aromatic nitrogens is 1. The van der Waals surface area contributed by atoms with E-state index in [0.29, 0.717) is 10.6 Å². The maximum absolute atomic E-state index is 6.03. The van der Waals surface area contributed by atoms with Gasteiger partial charge in [-0.05, 0) is 18.6 Å². The van der Waals surface area contributed by atoms with Crippen LogP contribution in [0.4, 0.5) is 5.69 Å². The number of rotatable bonds is 2. The summed E-state index contributed by atoms with van der Waals surface area (Å²) in [5, 5.41) is 1.23. The van der Waals surface area contributed by atoms with Gasteiger partial charge >= 0.3 is 0 Å². The Balaban J connectivity index is 2.02. The minimum Gasteiger partial charge on any atom is -0.370 e. The maximum Gasteiger partial charge on any atom is 0.0726 e. The summed E-state index contributed by atoms with van der Waals surface area (Å²) in [6.45, 7) is 6.87. The second-order valence-corrected chi connectivity index (χ2v) is 8.20. The summed E-state index contributed by atoms with van der Waals surface area (Å²) in [6.07, 6.45) is 1.20. The summed E-state index contributed by atoms with van der Waals surface area (Å²) in [6, 6.07) is 10.5. The number of nitrogens with zero attached hydrogens (tertiary/aromatic N) is 2. The first-order valence-electron chi connectivity index (χ1n) is 7.43. The lowest BCUT2D eigenvalue weighted by atomic mass is 10.1. The molecule has 4 heteroatoms. The third-order valence-corrected chi connectivity index (χ3v) is 5.71. The van der Waals surface area contributed by atoms with Crippen LogP contribution in [-0.2, 0) is 5.88 Å². The molecule has 1 aromatic heterocycles. The molecule has 0 aliphatic carbocycles. The van der Waals surface area contributed by atoms with Crippen LogP contribution in [0.2, 0.25) is 0 Å². The Morgan fingerprint density at radius 1 is 1.29 bits per heavy atom. The topological polar surface area (TPSA) is 16.1 Å². The van der Waals surface area contributed by atoms with Gasteiger partial charge < -0.3 is 4.90 Å². The van der Waals surface area contributed by atoms with Gasteiger partial charge in [-0.1, -0.05) is 32.0 Å². The Labute approximate surface area is 135 Å². The normalized spacial score (nSPS) is 18.7.